The van der Waals surface area contributed by atoms with Crippen molar-refractivity contribution in [2.24, 2.45) is 5.73 Å². The molecule has 9 heteroatoms. The molecule has 1 aromatic rings. The van der Waals surface area contributed by atoms with E-state index in [1.165, 1.54) is 24.3 Å². The molecule has 0 saturated heterocycles. The van der Waals surface area contributed by atoms with E-state index >= 15 is 0 Å². The molecule has 1 rings (SSSR count). The fourth-order valence-corrected chi connectivity index (χ4v) is 2.49. The van der Waals surface area contributed by atoms with Crippen molar-refractivity contribution in [3.05, 3.63) is 29.8 Å². The number of methoxy groups -OCH3 is 1. The highest BCUT2D eigenvalue weighted by atomic mass is 35.5. The zero-order valence-corrected chi connectivity index (χ0v) is 13.3. The lowest BCUT2D eigenvalue weighted by molar-refractivity contribution is 0.1000. The molecule has 0 radical (unpaired) electrons. The maximum absolute atomic E-state index is 11.9. The highest BCUT2D eigenvalue weighted by molar-refractivity contribution is 7.89. The van der Waals surface area contributed by atoms with E-state index in [4.69, 9.17) is 10.5 Å². The lowest BCUT2D eigenvalue weighted by Gasteiger charge is -2.08. The molecule has 4 N–H and O–H groups in total. The smallest absolute Gasteiger partial charge is 0.248 e. The van der Waals surface area contributed by atoms with Gasteiger partial charge in [0.05, 0.1) is 11.5 Å². The van der Waals surface area contributed by atoms with E-state index in [2.05, 4.69) is 10.0 Å². The molecular formula is C12H20ClN3O4S. The number of carbonyl (C=O) groups excluding carboxylic acids is 1. The fraction of sp³-hybridized carbons (Fsp3) is 0.417. The minimum Gasteiger partial charge on any atom is -0.383 e. The van der Waals surface area contributed by atoms with E-state index in [1.54, 1.807) is 7.11 Å². The first kappa shape index (κ1) is 19.8. The third kappa shape index (κ3) is 6.87. The fourth-order valence-electron chi connectivity index (χ4n) is 1.45. The Morgan fingerprint density at radius 1 is 1.19 bits per heavy atom. The molecule has 1 aromatic carbocycles. The lowest BCUT2D eigenvalue weighted by atomic mass is 10.2. The Morgan fingerprint density at radius 2 is 1.81 bits per heavy atom. The number of sulfonamides is 1. The van der Waals surface area contributed by atoms with Gasteiger partial charge in [-0.15, -0.1) is 12.4 Å². The van der Waals surface area contributed by atoms with Crippen molar-refractivity contribution >= 4 is 28.3 Å². The van der Waals surface area contributed by atoms with Gasteiger partial charge in [-0.3, -0.25) is 4.79 Å². The number of benzene rings is 1. The Kier molecular flexibility index (Phi) is 9.14. The number of ether oxygens (including phenoxy) is 1. The maximum atomic E-state index is 11.9. The minimum absolute atomic E-state index is 0. The molecule has 0 atom stereocenters. The number of rotatable bonds is 9. The molecule has 0 aliphatic carbocycles. The number of hydrogen-bond donors (Lipinski definition) is 3. The van der Waals surface area contributed by atoms with E-state index in [0.29, 0.717) is 19.7 Å². The van der Waals surface area contributed by atoms with Crippen molar-refractivity contribution in [3.8, 4) is 0 Å². The van der Waals surface area contributed by atoms with Crippen LogP contribution in [-0.4, -0.2) is 47.7 Å². The quantitative estimate of drug-likeness (QED) is 0.537. The highest BCUT2D eigenvalue weighted by Gasteiger charge is 2.13. The molecule has 7 nitrogen and oxygen atoms in total. The van der Waals surface area contributed by atoms with Gasteiger partial charge in [-0.05, 0) is 24.3 Å². The van der Waals surface area contributed by atoms with E-state index in [-0.39, 0.29) is 29.4 Å². The molecule has 0 unspecified atom stereocenters. The third-order valence-corrected chi connectivity index (χ3v) is 4.00. The molecule has 1 amide bonds. The van der Waals surface area contributed by atoms with Gasteiger partial charge in [-0.25, -0.2) is 13.1 Å². The second-order valence-corrected chi connectivity index (χ2v) is 5.80. The van der Waals surface area contributed by atoms with Crippen molar-refractivity contribution in [1.82, 2.24) is 10.0 Å². The number of halogens is 1. The number of nitrogens with two attached hydrogens (primary N) is 1. The zero-order chi connectivity index (χ0) is 15.0. The standard InChI is InChI=1S/C12H19N3O4S.ClH/c1-19-9-8-14-6-7-15-20(17,18)11-4-2-10(3-5-11)12(13)16;/h2-5,14-15H,6-9H2,1H3,(H2,13,16);1H. The average molecular weight is 338 g/mol. The van der Waals surface area contributed by atoms with Crippen molar-refractivity contribution in [3.63, 3.8) is 0 Å². The van der Waals surface area contributed by atoms with E-state index < -0.39 is 15.9 Å². The molecule has 0 spiro atoms. The van der Waals surface area contributed by atoms with Crippen LogP contribution in [0, 0.1) is 0 Å². The molecule has 0 saturated carbocycles. The van der Waals surface area contributed by atoms with Crippen LogP contribution in [-0.2, 0) is 14.8 Å². The summed E-state index contributed by atoms with van der Waals surface area (Å²) in [7, 11) is -1.97. The topological polar surface area (TPSA) is 111 Å². The number of nitrogens with one attached hydrogen (secondary N) is 2. The average Bonchev–Trinajstić information content (AvgIpc) is 2.43. The number of hydrogen-bond acceptors (Lipinski definition) is 5. The van der Waals surface area contributed by atoms with Gasteiger partial charge in [0.25, 0.3) is 0 Å². The zero-order valence-electron chi connectivity index (χ0n) is 11.7. The normalized spacial score (nSPS) is 10.9. The summed E-state index contributed by atoms with van der Waals surface area (Å²) >= 11 is 0. The van der Waals surface area contributed by atoms with Gasteiger partial charge in [-0.2, -0.15) is 0 Å². The van der Waals surface area contributed by atoms with Crippen LogP contribution in [0.3, 0.4) is 0 Å². The van der Waals surface area contributed by atoms with Crippen LogP contribution in [0.5, 0.6) is 0 Å². The molecule has 0 fully saturated rings. The highest BCUT2D eigenvalue weighted by Crippen LogP contribution is 2.09. The summed E-state index contributed by atoms with van der Waals surface area (Å²) in [6.45, 7) is 2.00. The predicted octanol–water partition coefficient (Wildman–Crippen LogP) is -0.278. The minimum atomic E-state index is -3.57. The first-order valence-corrected chi connectivity index (χ1v) is 7.55. The van der Waals surface area contributed by atoms with Gasteiger partial charge in [0.1, 0.15) is 0 Å². The predicted molar refractivity (Wildman–Crippen MR) is 82.1 cm³/mol. The third-order valence-electron chi connectivity index (χ3n) is 2.53. The maximum Gasteiger partial charge on any atom is 0.248 e. The van der Waals surface area contributed by atoms with Crippen LogP contribution >= 0.6 is 12.4 Å². The van der Waals surface area contributed by atoms with Crippen LogP contribution in [0.25, 0.3) is 0 Å². The summed E-state index contributed by atoms with van der Waals surface area (Å²) in [5.41, 5.74) is 5.36. The van der Waals surface area contributed by atoms with E-state index in [9.17, 15) is 13.2 Å². The van der Waals surface area contributed by atoms with Gasteiger partial charge in [-0.1, -0.05) is 0 Å². The Morgan fingerprint density at radius 3 is 2.33 bits per heavy atom. The molecule has 120 valence electrons. The van der Waals surface area contributed by atoms with Gasteiger partial charge in [0.2, 0.25) is 15.9 Å². The Labute approximate surface area is 130 Å². The van der Waals surface area contributed by atoms with Gasteiger partial charge in [0.15, 0.2) is 0 Å². The molecule has 0 heterocycles. The van der Waals surface area contributed by atoms with Gasteiger partial charge in [0, 0.05) is 32.3 Å². The molecule has 0 aliphatic rings. The number of primary amides is 1. The van der Waals surface area contributed by atoms with Gasteiger partial charge >= 0.3 is 0 Å². The lowest BCUT2D eigenvalue weighted by Crippen LogP contribution is -2.33. The van der Waals surface area contributed by atoms with Crippen molar-refractivity contribution in [2.45, 2.75) is 4.90 Å². The number of carbonyl (C=O) groups is 1. The first-order valence-electron chi connectivity index (χ1n) is 6.06. The van der Waals surface area contributed by atoms with E-state index in [1.807, 2.05) is 0 Å². The molecule has 0 aromatic heterocycles. The second-order valence-electron chi connectivity index (χ2n) is 4.03. The summed E-state index contributed by atoms with van der Waals surface area (Å²) in [6, 6.07) is 5.46. The number of amides is 1. The Hall–Kier alpha value is -1.19. The summed E-state index contributed by atoms with van der Waals surface area (Å²) in [4.78, 5) is 11.0. The monoisotopic (exact) mass is 337 g/mol. The molecule has 21 heavy (non-hydrogen) atoms. The van der Waals surface area contributed by atoms with E-state index in [0.717, 1.165) is 0 Å². The Bertz CT molecular complexity index is 534. The first-order chi connectivity index (χ1) is 9.47. The summed E-state index contributed by atoms with van der Waals surface area (Å²) in [6.07, 6.45) is 0. The second kappa shape index (κ2) is 9.69. The van der Waals surface area contributed by atoms with Crippen LogP contribution in [0.1, 0.15) is 10.4 Å². The van der Waals surface area contributed by atoms with Crippen molar-refractivity contribution in [1.29, 1.82) is 0 Å². The van der Waals surface area contributed by atoms with Gasteiger partial charge < -0.3 is 15.8 Å². The van der Waals surface area contributed by atoms with Crippen LogP contribution in [0.4, 0.5) is 0 Å². The summed E-state index contributed by atoms with van der Waals surface area (Å²) in [5.74, 6) is -0.593. The van der Waals surface area contributed by atoms with Crippen LogP contribution < -0.4 is 15.8 Å². The van der Waals surface area contributed by atoms with Crippen molar-refractivity contribution in [2.75, 3.05) is 33.4 Å². The summed E-state index contributed by atoms with van der Waals surface area (Å²) in [5, 5.41) is 3.02. The molecular weight excluding hydrogens is 318 g/mol. The van der Waals surface area contributed by atoms with Crippen LogP contribution in [0.2, 0.25) is 0 Å². The van der Waals surface area contributed by atoms with Crippen molar-refractivity contribution < 1.29 is 17.9 Å². The summed E-state index contributed by atoms with van der Waals surface area (Å²) < 4.78 is 31.1. The molecule has 0 aliphatic heterocycles. The molecule has 0 bridgehead atoms. The Balaban J connectivity index is 0.00000400. The largest absolute Gasteiger partial charge is 0.383 e. The SMILES string of the molecule is COCCNCCNS(=O)(=O)c1ccc(C(N)=O)cc1.Cl. The van der Waals surface area contributed by atoms with Crippen LogP contribution in [0.15, 0.2) is 29.2 Å².